The van der Waals surface area contributed by atoms with E-state index < -0.39 is 0 Å². The van der Waals surface area contributed by atoms with Gasteiger partial charge in [0, 0.05) is 38.0 Å². The molecule has 1 aliphatic heterocycles. The van der Waals surface area contributed by atoms with Crippen LogP contribution in [0.1, 0.15) is 40.5 Å². The number of rotatable bonds is 2. The summed E-state index contributed by atoms with van der Waals surface area (Å²) in [5.74, 6) is 0.336. The highest BCUT2D eigenvalue weighted by Gasteiger charge is 2.47. The maximum Gasteiger partial charge on any atom is 0.272 e. The Balaban J connectivity index is 1.63. The van der Waals surface area contributed by atoms with Gasteiger partial charge in [-0.1, -0.05) is 24.3 Å². The van der Waals surface area contributed by atoms with Crippen LogP contribution in [0, 0.1) is 5.92 Å². The summed E-state index contributed by atoms with van der Waals surface area (Å²) in [6, 6.07) is 9.79. The van der Waals surface area contributed by atoms with Gasteiger partial charge in [0.1, 0.15) is 12.0 Å². The van der Waals surface area contributed by atoms with Crippen LogP contribution in [0.5, 0.6) is 0 Å². The molecule has 1 aliphatic carbocycles. The fourth-order valence-corrected chi connectivity index (χ4v) is 4.01. The van der Waals surface area contributed by atoms with Crippen molar-refractivity contribution < 1.29 is 9.59 Å². The van der Waals surface area contributed by atoms with E-state index in [1.807, 2.05) is 17.0 Å². The Morgan fingerprint density at radius 1 is 1.17 bits per heavy atom. The summed E-state index contributed by atoms with van der Waals surface area (Å²) in [6.07, 6.45) is 2.96. The molecule has 6 nitrogen and oxygen atoms in total. The molecule has 2 aliphatic rings. The maximum absolute atomic E-state index is 12.7. The van der Waals surface area contributed by atoms with Crippen molar-refractivity contribution in [3.63, 3.8) is 0 Å². The number of hydrogen-bond donors (Lipinski definition) is 1. The van der Waals surface area contributed by atoms with Crippen molar-refractivity contribution in [3.8, 4) is 0 Å². The Morgan fingerprint density at radius 2 is 1.96 bits per heavy atom. The molecule has 0 bridgehead atoms. The number of benzene rings is 1. The summed E-state index contributed by atoms with van der Waals surface area (Å²) in [7, 11) is 0. The lowest BCUT2D eigenvalue weighted by Crippen LogP contribution is -2.34. The van der Waals surface area contributed by atoms with Crippen molar-refractivity contribution in [3.05, 3.63) is 59.7 Å². The quantitative estimate of drug-likeness (QED) is 0.910. The molecule has 2 amide bonds. The molecule has 1 N–H and O–H groups in total. The van der Waals surface area contributed by atoms with Crippen molar-refractivity contribution >= 4 is 11.8 Å². The zero-order valence-electron chi connectivity index (χ0n) is 13.3. The Kier molecular flexibility index (Phi) is 3.52. The molecule has 1 aromatic heterocycles. The largest absolute Gasteiger partial charge is 0.349 e. The fraction of sp³-hybridized carbons (Fsp3) is 0.333. The summed E-state index contributed by atoms with van der Waals surface area (Å²) in [6.45, 7) is 2.81. The summed E-state index contributed by atoms with van der Waals surface area (Å²) in [5.41, 5.74) is 2.82. The summed E-state index contributed by atoms with van der Waals surface area (Å²) in [5, 5.41) is 3.07. The number of amides is 2. The number of nitrogens with one attached hydrogen (secondary N) is 1. The highest BCUT2D eigenvalue weighted by Crippen LogP contribution is 2.49. The molecule has 2 aromatic rings. The number of carbonyl (C=O) groups excluding carboxylic acids is 2. The first-order valence-corrected chi connectivity index (χ1v) is 8.06. The molecule has 1 fully saturated rings. The summed E-state index contributed by atoms with van der Waals surface area (Å²) < 4.78 is 0. The molecule has 1 saturated heterocycles. The average Bonchev–Trinajstić information content (AvgIpc) is 3.14. The van der Waals surface area contributed by atoms with E-state index in [0.29, 0.717) is 18.8 Å². The van der Waals surface area contributed by atoms with Crippen molar-refractivity contribution in [1.29, 1.82) is 0 Å². The van der Waals surface area contributed by atoms with E-state index in [1.54, 1.807) is 12.3 Å². The number of aromatic nitrogens is 2. The Morgan fingerprint density at radius 3 is 2.67 bits per heavy atom. The highest BCUT2D eigenvalue weighted by atomic mass is 16.2. The van der Waals surface area contributed by atoms with Gasteiger partial charge in [-0.25, -0.2) is 9.97 Å². The van der Waals surface area contributed by atoms with E-state index in [4.69, 9.17) is 0 Å². The number of hydrogen-bond acceptors (Lipinski definition) is 4. The topological polar surface area (TPSA) is 75.2 Å². The summed E-state index contributed by atoms with van der Waals surface area (Å²) >= 11 is 0. The van der Waals surface area contributed by atoms with E-state index in [2.05, 4.69) is 27.4 Å². The second-order valence-corrected chi connectivity index (χ2v) is 6.38. The molecule has 6 heteroatoms. The number of likely N-dealkylation sites (tertiary alicyclic amines) is 1. The van der Waals surface area contributed by atoms with E-state index >= 15 is 0 Å². The van der Waals surface area contributed by atoms with Crippen LogP contribution in [0.4, 0.5) is 0 Å². The van der Waals surface area contributed by atoms with Crippen LogP contribution in [0.3, 0.4) is 0 Å². The molecule has 24 heavy (non-hydrogen) atoms. The van der Waals surface area contributed by atoms with E-state index in [0.717, 1.165) is 0 Å². The minimum atomic E-state index is -0.0779. The summed E-state index contributed by atoms with van der Waals surface area (Å²) in [4.78, 5) is 34.0. The first-order chi connectivity index (χ1) is 11.6. The lowest BCUT2D eigenvalue weighted by Gasteiger charge is -2.22. The molecular weight excluding hydrogens is 304 g/mol. The number of nitrogens with zero attached hydrogens (tertiary/aromatic N) is 3. The van der Waals surface area contributed by atoms with Gasteiger partial charge in [-0.15, -0.1) is 0 Å². The minimum Gasteiger partial charge on any atom is -0.349 e. The van der Waals surface area contributed by atoms with E-state index in [1.165, 1.54) is 24.4 Å². The molecule has 0 unspecified atom stereocenters. The Bertz CT molecular complexity index is 793. The average molecular weight is 322 g/mol. The van der Waals surface area contributed by atoms with E-state index in [9.17, 15) is 9.59 Å². The molecule has 0 radical (unpaired) electrons. The van der Waals surface area contributed by atoms with Gasteiger partial charge >= 0.3 is 0 Å². The maximum atomic E-state index is 12.7. The number of fused-ring (bicyclic) bond motifs is 3. The zero-order valence-corrected chi connectivity index (χ0v) is 13.3. The van der Waals surface area contributed by atoms with Gasteiger partial charge in [-0.3, -0.25) is 9.59 Å². The zero-order chi connectivity index (χ0) is 16.7. The Labute approximate surface area is 139 Å². The predicted octanol–water partition coefficient (Wildman–Crippen LogP) is 1.52. The van der Waals surface area contributed by atoms with Crippen molar-refractivity contribution in [2.75, 3.05) is 13.1 Å². The van der Waals surface area contributed by atoms with Crippen molar-refractivity contribution in [1.82, 2.24) is 20.2 Å². The lowest BCUT2D eigenvalue weighted by molar-refractivity contribution is -0.120. The third-order valence-electron chi connectivity index (χ3n) is 4.97. The van der Waals surface area contributed by atoms with Crippen LogP contribution in [-0.4, -0.2) is 39.8 Å². The molecule has 0 saturated carbocycles. The third-order valence-corrected chi connectivity index (χ3v) is 4.97. The second kappa shape index (κ2) is 5.70. The van der Waals surface area contributed by atoms with Gasteiger partial charge in [-0.2, -0.15) is 0 Å². The molecule has 0 spiro atoms. The smallest absolute Gasteiger partial charge is 0.272 e. The molecular formula is C18H18N4O2. The van der Waals surface area contributed by atoms with Gasteiger partial charge in [0.2, 0.25) is 5.91 Å². The minimum absolute atomic E-state index is 0.0353. The number of carbonyl (C=O) groups is 2. The molecule has 122 valence electrons. The van der Waals surface area contributed by atoms with Crippen molar-refractivity contribution in [2.24, 2.45) is 5.92 Å². The van der Waals surface area contributed by atoms with Crippen LogP contribution in [0.15, 0.2) is 42.9 Å². The first kappa shape index (κ1) is 14.8. The molecule has 4 rings (SSSR count). The monoisotopic (exact) mass is 322 g/mol. The normalized spacial score (nSPS) is 24.4. The SMILES string of the molecule is CC(=O)N[C@@H]1c2ccccc2[C@@H]2CN(C(=O)c3ccncn3)C[C@H]12. The van der Waals surface area contributed by atoms with Crippen LogP contribution in [-0.2, 0) is 4.79 Å². The van der Waals surface area contributed by atoms with Crippen LogP contribution >= 0.6 is 0 Å². The molecule has 3 atom stereocenters. The van der Waals surface area contributed by atoms with Crippen molar-refractivity contribution in [2.45, 2.75) is 18.9 Å². The Hall–Kier alpha value is -2.76. The molecule has 1 aromatic carbocycles. The van der Waals surface area contributed by atoms with E-state index in [-0.39, 0.29) is 29.7 Å². The van der Waals surface area contributed by atoms with Gasteiger partial charge in [-0.05, 0) is 17.2 Å². The standard InChI is InChI=1S/C18H18N4O2/c1-11(23)21-17-13-5-3-2-4-12(13)14-8-22(9-15(14)17)18(24)16-6-7-19-10-20-16/h2-7,10,14-15,17H,8-9H2,1H3,(H,21,23)/t14-,15-,17+/m0/s1. The predicted molar refractivity (Wildman–Crippen MR) is 87.2 cm³/mol. The molecule has 2 heterocycles. The lowest BCUT2D eigenvalue weighted by atomic mass is 9.94. The third kappa shape index (κ3) is 2.35. The van der Waals surface area contributed by atoms with Crippen LogP contribution in [0.25, 0.3) is 0 Å². The first-order valence-electron chi connectivity index (χ1n) is 8.06. The highest BCUT2D eigenvalue weighted by molar-refractivity contribution is 5.92. The second-order valence-electron chi connectivity index (χ2n) is 6.38. The van der Waals surface area contributed by atoms with Gasteiger partial charge in [0.05, 0.1) is 6.04 Å². The van der Waals surface area contributed by atoms with Gasteiger partial charge in [0.15, 0.2) is 0 Å². The fourth-order valence-electron chi connectivity index (χ4n) is 4.01. The van der Waals surface area contributed by atoms with Gasteiger partial charge in [0.25, 0.3) is 5.91 Å². The van der Waals surface area contributed by atoms with Crippen LogP contribution < -0.4 is 5.32 Å². The van der Waals surface area contributed by atoms with Gasteiger partial charge < -0.3 is 10.2 Å². The van der Waals surface area contributed by atoms with Crippen LogP contribution in [0.2, 0.25) is 0 Å².